The summed E-state index contributed by atoms with van der Waals surface area (Å²) in [5.41, 5.74) is -3.04. The summed E-state index contributed by atoms with van der Waals surface area (Å²) in [4.78, 5) is 28.8. The maximum atomic E-state index is 10.8. The van der Waals surface area contributed by atoms with Gasteiger partial charge in [-0.25, -0.2) is 4.79 Å². The average molecular weight is 340 g/mol. The van der Waals surface area contributed by atoms with Crippen molar-refractivity contribution in [2.24, 2.45) is 0 Å². The van der Waals surface area contributed by atoms with Crippen LogP contribution in [-0.4, -0.2) is 28.1 Å². The molecule has 20 heavy (non-hydrogen) atoms. The van der Waals surface area contributed by atoms with Gasteiger partial charge in [0, 0.05) is 11.8 Å². The van der Waals surface area contributed by atoms with E-state index in [2.05, 4.69) is 18.4 Å². The molecule has 0 saturated carbocycles. The van der Waals surface area contributed by atoms with Crippen molar-refractivity contribution in [2.75, 3.05) is 12.4 Å². The quantitative estimate of drug-likeness (QED) is 0.230. The minimum absolute atomic E-state index is 0.348. The number of rotatable bonds is 13. The molecule has 0 unspecified atom stereocenters. The average Bonchev–Trinajstić information content (AvgIpc) is 2.38. The minimum Gasteiger partial charge on any atom is -0.463 e. The van der Waals surface area contributed by atoms with Crippen LogP contribution in [0.1, 0.15) is 51.4 Å². The molecule has 0 radical (unpaired) electrons. The summed E-state index contributed by atoms with van der Waals surface area (Å²) in [5, 5.41) is 0. The predicted molar refractivity (Wildman–Crippen MR) is 89.3 cm³/mol. The van der Waals surface area contributed by atoms with Crippen LogP contribution in [-0.2, 0) is 21.3 Å². The molecule has 0 aromatic carbocycles. The van der Waals surface area contributed by atoms with Gasteiger partial charge in [-0.3, -0.25) is 0 Å². The summed E-state index contributed by atoms with van der Waals surface area (Å²) >= 11 is 5.63. The van der Waals surface area contributed by atoms with Crippen molar-refractivity contribution in [1.29, 1.82) is 0 Å². The summed E-state index contributed by atoms with van der Waals surface area (Å²) in [6.07, 6.45) is 10.0. The number of hydrogen-bond acceptors (Lipinski definition) is 4. The smallest absolute Gasteiger partial charge is 0.330 e. The topological polar surface area (TPSA) is 66.8 Å². The highest BCUT2D eigenvalue weighted by atomic mass is 32.9. The van der Waals surface area contributed by atoms with Gasteiger partial charge in [-0.15, -0.1) is 0 Å². The van der Waals surface area contributed by atoms with Crippen molar-refractivity contribution in [1.82, 2.24) is 0 Å². The molecule has 0 spiro atoms. The molecule has 0 bridgehead atoms. The first-order valence-electron chi connectivity index (χ1n) is 6.95. The number of esters is 1. The molecule has 7 heteroatoms. The Bertz CT molecular complexity index is 317. The largest absolute Gasteiger partial charge is 0.463 e. The van der Waals surface area contributed by atoms with Gasteiger partial charge in [0.15, 0.2) is 0 Å². The first-order valence-corrected chi connectivity index (χ1v) is 11.2. The van der Waals surface area contributed by atoms with E-state index in [0.717, 1.165) is 49.2 Å². The Morgan fingerprint density at radius 2 is 1.60 bits per heavy atom. The van der Waals surface area contributed by atoms with Gasteiger partial charge >= 0.3 is 5.97 Å². The van der Waals surface area contributed by atoms with E-state index < -0.39 is 5.69 Å². The zero-order valence-electron chi connectivity index (χ0n) is 11.8. The van der Waals surface area contributed by atoms with E-state index in [1.165, 1.54) is 25.3 Å². The van der Waals surface area contributed by atoms with E-state index >= 15 is 0 Å². The summed E-state index contributed by atoms with van der Waals surface area (Å²) in [5.74, 6) is 0.387. The highest BCUT2D eigenvalue weighted by molar-refractivity contribution is 8.67. The second kappa shape index (κ2) is 12.8. The van der Waals surface area contributed by atoms with Gasteiger partial charge < -0.3 is 14.5 Å². The Kier molecular flexibility index (Phi) is 12.9. The van der Waals surface area contributed by atoms with E-state index in [4.69, 9.17) is 14.5 Å². The predicted octanol–water partition coefficient (Wildman–Crippen LogP) is 3.78. The van der Waals surface area contributed by atoms with Gasteiger partial charge in [-0.2, -0.15) is 0 Å². The highest BCUT2D eigenvalue weighted by Gasteiger charge is 2.06. The molecule has 4 nitrogen and oxygen atoms in total. The lowest BCUT2D eigenvalue weighted by atomic mass is 10.1. The molecule has 0 rings (SSSR count). The van der Waals surface area contributed by atoms with Crippen molar-refractivity contribution >= 4 is 34.9 Å². The summed E-state index contributed by atoms with van der Waals surface area (Å²) in [7, 11) is 0. The zero-order chi connectivity index (χ0) is 15.3. The summed E-state index contributed by atoms with van der Waals surface area (Å²) in [6, 6.07) is 0. The van der Waals surface area contributed by atoms with Gasteiger partial charge in [0.25, 0.3) is 0 Å². The van der Waals surface area contributed by atoms with Crippen LogP contribution in [0.3, 0.4) is 0 Å². The fourth-order valence-corrected chi connectivity index (χ4v) is 4.02. The highest BCUT2D eigenvalue weighted by Crippen LogP contribution is 2.50. The van der Waals surface area contributed by atoms with E-state index in [0.29, 0.717) is 6.61 Å². The minimum atomic E-state index is -3.04. The molecule has 0 heterocycles. The fourth-order valence-electron chi connectivity index (χ4n) is 1.68. The first-order chi connectivity index (χ1) is 9.45. The van der Waals surface area contributed by atoms with Crippen LogP contribution in [0.2, 0.25) is 0 Å². The normalized spacial score (nSPS) is 11.3. The Hall–Kier alpha value is 0.130. The standard InChI is InChI=1S/C13H25O4PS2/c1-2-13(14)17-11-9-7-5-3-4-6-8-10-12-20-18(15,16)19/h2H,1,3-12H2,(H2,15,16,19). The molecule has 0 saturated heterocycles. The van der Waals surface area contributed by atoms with Crippen LogP contribution in [0.25, 0.3) is 0 Å². The molecule has 0 aliphatic heterocycles. The molecule has 0 amide bonds. The second-order valence-electron chi connectivity index (χ2n) is 4.52. The van der Waals surface area contributed by atoms with Crippen LogP contribution in [0.5, 0.6) is 0 Å². The van der Waals surface area contributed by atoms with E-state index in [9.17, 15) is 4.79 Å². The van der Waals surface area contributed by atoms with Crippen molar-refractivity contribution in [3.05, 3.63) is 12.7 Å². The molecule has 0 aromatic heterocycles. The van der Waals surface area contributed by atoms with E-state index in [1.807, 2.05) is 0 Å². The number of carbonyl (C=O) groups is 1. The maximum absolute atomic E-state index is 10.8. The van der Waals surface area contributed by atoms with Gasteiger partial charge in [0.2, 0.25) is 5.69 Å². The Labute approximate surface area is 130 Å². The number of hydrogen-bond donors (Lipinski definition) is 2. The van der Waals surface area contributed by atoms with Crippen molar-refractivity contribution in [3.63, 3.8) is 0 Å². The van der Waals surface area contributed by atoms with Crippen LogP contribution >= 0.6 is 17.1 Å². The lowest BCUT2D eigenvalue weighted by Crippen LogP contribution is -2.01. The van der Waals surface area contributed by atoms with Gasteiger partial charge in [-0.1, -0.05) is 56.5 Å². The fraction of sp³-hybridized carbons (Fsp3) is 0.769. The van der Waals surface area contributed by atoms with E-state index in [-0.39, 0.29) is 5.97 Å². The molecular weight excluding hydrogens is 315 g/mol. The summed E-state index contributed by atoms with van der Waals surface area (Å²) in [6.45, 7) is 3.82. The van der Waals surface area contributed by atoms with Crippen LogP contribution < -0.4 is 0 Å². The van der Waals surface area contributed by atoms with Crippen molar-refractivity contribution < 1.29 is 19.3 Å². The molecule has 0 aliphatic carbocycles. The molecule has 118 valence electrons. The third kappa shape index (κ3) is 16.2. The van der Waals surface area contributed by atoms with Crippen molar-refractivity contribution in [3.8, 4) is 0 Å². The van der Waals surface area contributed by atoms with Crippen LogP contribution in [0.15, 0.2) is 12.7 Å². The lowest BCUT2D eigenvalue weighted by molar-refractivity contribution is -0.137. The number of carbonyl (C=O) groups excluding carboxylic acids is 1. The molecule has 0 aliphatic rings. The van der Waals surface area contributed by atoms with Gasteiger partial charge in [-0.05, 0) is 24.6 Å². The van der Waals surface area contributed by atoms with Crippen molar-refractivity contribution in [2.45, 2.75) is 51.4 Å². The Balaban J connectivity index is 3.12. The molecule has 0 aromatic rings. The maximum Gasteiger partial charge on any atom is 0.330 e. The Morgan fingerprint density at radius 1 is 1.10 bits per heavy atom. The van der Waals surface area contributed by atoms with Crippen LogP contribution in [0.4, 0.5) is 0 Å². The van der Waals surface area contributed by atoms with Gasteiger partial charge in [0.05, 0.1) is 6.61 Å². The number of unbranched alkanes of at least 4 members (excludes halogenated alkanes) is 7. The summed E-state index contributed by atoms with van der Waals surface area (Å²) < 4.78 is 4.88. The Morgan fingerprint density at radius 3 is 2.10 bits per heavy atom. The molecular formula is C13H25O4PS2. The van der Waals surface area contributed by atoms with Crippen LogP contribution in [0, 0.1) is 0 Å². The monoisotopic (exact) mass is 340 g/mol. The SMILES string of the molecule is C=CC(=O)OCCCCCCCCCCSP(O)(O)=S. The molecule has 2 N–H and O–H groups in total. The lowest BCUT2D eigenvalue weighted by Gasteiger charge is -2.06. The second-order valence-corrected chi connectivity index (χ2v) is 10.7. The van der Waals surface area contributed by atoms with Gasteiger partial charge in [0.1, 0.15) is 0 Å². The third-order valence-corrected chi connectivity index (χ3v) is 6.02. The molecule has 0 fully saturated rings. The zero-order valence-corrected chi connectivity index (χ0v) is 14.4. The molecule has 0 atom stereocenters. The number of ether oxygens (including phenoxy) is 1. The first kappa shape index (κ1) is 20.1. The van der Waals surface area contributed by atoms with E-state index in [1.54, 1.807) is 0 Å². The third-order valence-electron chi connectivity index (χ3n) is 2.71.